The van der Waals surface area contributed by atoms with Gasteiger partial charge in [-0.2, -0.15) is 0 Å². The summed E-state index contributed by atoms with van der Waals surface area (Å²) in [5, 5.41) is 0. The van der Waals surface area contributed by atoms with Gasteiger partial charge in [0.1, 0.15) is 0 Å². The van der Waals surface area contributed by atoms with E-state index in [0.717, 1.165) is 32.1 Å². The molecule has 0 saturated heterocycles. The number of rotatable bonds is 11. The SMILES string of the molecule is C=CC=CC1=CC(N(c2ccc(C)cc2)c2ccc(N(C3=CC(CCC=C)CC=C3)C3C=CC(C)=CC3)cc2)CC=C1. The fourth-order valence-electron chi connectivity index (χ4n) is 6.03. The Morgan fingerprint density at radius 1 is 0.762 bits per heavy atom. The Kier molecular flexibility index (Phi) is 9.77. The van der Waals surface area contributed by atoms with Crippen LogP contribution in [-0.4, -0.2) is 12.1 Å². The summed E-state index contributed by atoms with van der Waals surface area (Å²) in [6.45, 7) is 12.1. The van der Waals surface area contributed by atoms with Crippen molar-refractivity contribution in [2.24, 2.45) is 5.92 Å². The van der Waals surface area contributed by atoms with Crippen LogP contribution >= 0.6 is 0 Å². The predicted octanol–water partition coefficient (Wildman–Crippen LogP) is 10.6. The summed E-state index contributed by atoms with van der Waals surface area (Å²) in [6.07, 6.45) is 34.2. The summed E-state index contributed by atoms with van der Waals surface area (Å²) in [4.78, 5) is 4.99. The van der Waals surface area contributed by atoms with Crippen molar-refractivity contribution in [3.63, 3.8) is 0 Å². The highest BCUT2D eigenvalue weighted by Gasteiger charge is 2.24. The van der Waals surface area contributed by atoms with Crippen molar-refractivity contribution in [3.8, 4) is 0 Å². The van der Waals surface area contributed by atoms with E-state index < -0.39 is 0 Å². The third-order valence-corrected chi connectivity index (χ3v) is 8.30. The molecule has 3 aliphatic carbocycles. The molecular formula is C40H44N2. The largest absolute Gasteiger partial charge is 0.335 e. The Hall–Kier alpha value is -4.30. The molecule has 0 aromatic heterocycles. The van der Waals surface area contributed by atoms with E-state index in [4.69, 9.17) is 0 Å². The van der Waals surface area contributed by atoms with Crippen molar-refractivity contribution in [3.05, 3.63) is 163 Å². The van der Waals surface area contributed by atoms with E-state index in [2.05, 4.69) is 146 Å². The van der Waals surface area contributed by atoms with Crippen LogP contribution in [0, 0.1) is 12.8 Å². The maximum atomic E-state index is 3.94. The van der Waals surface area contributed by atoms with Gasteiger partial charge in [-0.1, -0.05) is 103 Å². The molecule has 0 spiro atoms. The highest BCUT2D eigenvalue weighted by molar-refractivity contribution is 5.70. The van der Waals surface area contributed by atoms with Crippen molar-refractivity contribution in [2.75, 3.05) is 9.80 Å². The number of nitrogens with zero attached hydrogens (tertiary/aromatic N) is 2. The molecule has 0 aliphatic heterocycles. The van der Waals surface area contributed by atoms with Gasteiger partial charge in [-0.3, -0.25) is 0 Å². The van der Waals surface area contributed by atoms with Crippen LogP contribution in [0.3, 0.4) is 0 Å². The normalized spacial score (nSPS) is 21.5. The van der Waals surface area contributed by atoms with Gasteiger partial charge in [-0.15, -0.1) is 6.58 Å². The molecule has 42 heavy (non-hydrogen) atoms. The first kappa shape index (κ1) is 29.2. The van der Waals surface area contributed by atoms with Gasteiger partial charge < -0.3 is 9.80 Å². The topological polar surface area (TPSA) is 6.48 Å². The lowest BCUT2D eigenvalue weighted by Crippen LogP contribution is -2.34. The van der Waals surface area contributed by atoms with Gasteiger partial charge in [0.15, 0.2) is 0 Å². The maximum absolute atomic E-state index is 3.94. The molecule has 2 nitrogen and oxygen atoms in total. The van der Waals surface area contributed by atoms with Crippen molar-refractivity contribution in [1.82, 2.24) is 0 Å². The van der Waals surface area contributed by atoms with Crippen LogP contribution in [0.15, 0.2) is 158 Å². The molecule has 0 N–H and O–H groups in total. The van der Waals surface area contributed by atoms with Crippen LogP contribution in [-0.2, 0) is 0 Å². The monoisotopic (exact) mass is 552 g/mol. The highest BCUT2D eigenvalue weighted by Crippen LogP contribution is 2.36. The molecule has 2 aromatic rings. The molecule has 0 bridgehead atoms. The zero-order valence-corrected chi connectivity index (χ0v) is 25.2. The minimum absolute atomic E-state index is 0.216. The third kappa shape index (κ3) is 7.12. The summed E-state index contributed by atoms with van der Waals surface area (Å²) in [7, 11) is 0. The second-order valence-corrected chi connectivity index (χ2v) is 11.5. The van der Waals surface area contributed by atoms with E-state index in [9.17, 15) is 0 Å². The fraction of sp³-hybridized carbons (Fsp3) is 0.250. The predicted molar refractivity (Wildman–Crippen MR) is 183 cm³/mol. The molecule has 2 heteroatoms. The second kappa shape index (κ2) is 14.0. The summed E-state index contributed by atoms with van der Waals surface area (Å²) in [6, 6.07) is 18.6. The summed E-state index contributed by atoms with van der Waals surface area (Å²) in [5.74, 6) is 0.544. The molecule has 0 fully saturated rings. The number of hydrogen-bond acceptors (Lipinski definition) is 2. The minimum Gasteiger partial charge on any atom is -0.335 e. The molecule has 5 rings (SSSR count). The molecule has 3 atom stereocenters. The molecule has 0 heterocycles. The maximum Gasteiger partial charge on any atom is 0.0565 e. The lowest BCUT2D eigenvalue weighted by molar-refractivity contribution is 0.592. The molecule has 3 aliphatic rings. The van der Waals surface area contributed by atoms with Crippen molar-refractivity contribution in [2.45, 2.75) is 58.0 Å². The smallest absolute Gasteiger partial charge is 0.0565 e. The van der Waals surface area contributed by atoms with Gasteiger partial charge in [0.2, 0.25) is 0 Å². The van der Waals surface area contributed by atoms with Crippen molar-refractivity contribution in [1.29, 1.82) is 0 Å². The van der Waals surface area contributed by atoms with Crippen molar-refractivity contribution >= 4 is 17.1 Å². The summed E-state index contributed by atoms with van der Waals surface area (Å²) < 4.78 is 0. The Labute approximate surface area is 253 Å². The molecule has 0 saturated carbocycles. The second-order valence-electron chi connectivity index (χ2n) is 11.5. The molecule has 0 radical (unpaired) electrons. The average molecular weight is 553 g/mol. The van der Waals surface area contributed by atoms with Crippen LogP contribution in [0.5, 0.6) is 0 Å². The number of allylic oxidation sites excluding steroid dienone is 11. The first-order valence-electron chi connectivity index (χ1n) is 15.3. The van der Waals surface area contributed by atoms with E-state index in [1.807, 2.05) is 18.2 Å². The third-order valence-electron chi connectivity index (χ3n) is 8.30. The van der Waals surface area contributed by atoms with Crippen LogP contribution < -0.4 is 9.80 Å². The van der Waals surface area contributed by atoms with E-state index in [1.165, 1.54) is 39.5 Å². The van der Waals surface area contributed by atoms with Gasteiger partial charge in [0.25, 0.3) is 0 Å². The molecule has 3 unspecified atom stereocenters. The number of aryl methyl sites for hydroxylation is 1. The molecule has 2 aromatic carbocycles. The summed E-state index contributed by atoms with van der Waals surface area (Å²) in [5.41, 5.74) is 8.72. The zero-order chi connectivity index (χ0) is 29.3. The Morgan fingerprint density at radius 2 is 1.45 bits per heavy atom. The Bertz CT molecular complexity index is 1460. The molecular weight excluding hydrogens is 508 g/mol. The van der Waals surface area contributed by atoms with Crippen LogP contribution in [0.4, 0.5) is 17.1 Å². The molecule has 214 valence electrons. The zero-order valence-electron chi connectivity index (χ0n) is 25.2. The lowest BCUT2D eigenvalue weighted by atomic mass is 9.92. The van der Waals surface area contributed by atoms with E-state index in [1.54, 1.807) is 0 Å². The highest BCUT2D eigenvalue weighted by atomic mass is 15.2. The summed E-state index contributed by atoms with van der Waals surface area (Å²) >= 11 is 0. The minimum atomic E-state index is 0.216. The van der Waals surface area contributed by atoms with Gasteiger partial charge in [0, 0.05) is 22.8 Å². The van der Waals surface area contributed by atoms with Crippen molar-refractivity contribution < 1.29 is 0 Å². The molecule has 0 amide bonds. The number of hydrogen-bond donors (Lipinski definition) is 0. The Morgan fingerprint density at radius 3 is 2.12 bits per heavy atom. The van der Waals surface area contributed by atoms with Crippen LogP contribution in [0.2, 0.25) is 0 Å². The quantitative estimate of drug-likeness (QED) is 0.202. The van der Waals surface area contributed by atoms with E-state index >= 15 is 0 Å². The van der Waals surface area contributed by atoms with Gasteiger partial charge in [-0.25, -0.2) is 0 Å². The average Bonchev–Trinajstić information content (AvgIpc) is 3.02. The van der Waals surface area contributed by atoms with Crippen LogP contribution in [0.25, 0.3) is 0 Å². The van der Waals surface area contributed by atoms with Crippen LogP contribution in [0.1, 0.15) is 44.6 Å². The first-order valence-corrected chi connectivity index (χ1v) is 15.3. The Balaban J connectivity index is 1.50. The van der Waals surface area contributed by atoms with E-state index in [0.29, 0.717) is 5.92 Å². The fourth-order valence-corrected chi connectivity index (χ4v) is 6.03. The number of benzene rings is 2. The van der Waals surface area contributed by atoms with E-state index in [-0.39, 0.29) is 12.1 Å². The first-order chi connectivity index (χ1) is 20.6. The van der Waals surface area contributed by atoms with Gasteiger partial charge in [-0.05, 0) is 99.9 Å². The number of anilines is 3. The standard InChI is InChI=1S/C40H44N2/c1-5-7-11-33-13-9-15-39(29-33)41(35-21-17-31(3)18-22-35)37-25-27-38(28-26-37)42(36-23-19-32(4)20-24-36)40-16-10-14-34(30-40)12-8-6-2/h5-7,9-11,13,16-23,25-30,34,36,39H,1-2,8,12,14-15,24H2,3-4H3. The van der Waals surface area contributed by atoms with Gasteiger partial charge >= 0.3 is 0 Å². The van der Waals surface area contributed by atoms with Gasteiger partial charge in [0.05, 0.1) is 12.1 Å². The lowest BCUT2D eigenvalue weighted by Gasteiger charge is -2.37.